The molecule has 1 fully saturated rings. The van der Waals surface area contributed by atoms with E-state index in [1.165, 1.54) is 11.1 Å². The molecule has 0 aliphatic carbocycles. The molecular formula is C23H33N5O. The van der Waals surface area contributed by atoms with Crippen LogP contribution in [0, 0.1) is 13.8 Å². The van der Waals surface area contributed by atoms with Crippen LogP contribution in [0.1, 0.15) is 67.2 Å². The van der Waals surface area contributed by atoms with Gasteiger partial charge in [0.2, 0.25) is 0 Å². The molecule has 1 aliphatic rings. The zero-order valence-corrected chi connectivity index (χ0v) is 17.8. The lowest BCUT2D eigenvalue weighted by Gasteiger charge is -2.42. The Labute approximate surface area is 174 Å². The van der Waals surface area contributed by atoms with E-state index in [1.54, 1.807) is 0 Å². The second-order valence-electron chi connectivity index (χ2n) is 7.66. The normalized spacial score (nSPS) is 21.4. The molecule has 3 heterocycles. The lowest BCUT2D eigenvalue weighted by atomic mass is 9.87. The first kappa shape index (κ1) is 21.4. The zero-order chi connectivity index (χ0) is 20.6. The number of hydrogen-bond acceptors (Lipinski definition) is 6. The summed E-state index contributed by atoms with van der Waals surface area (Å²) in [6.07, 6.45) is 7.48. The number of hydrogen-bond donors (Lipinski definition) is 1. The highest BCUT2D eigenvalue weighted by Crippen LogP contribution is 2.41. The molecule has 0 amide bonds. The van der Waals surface area contributed by atoms with Crippen molar-refractivity contribution in [2.24, 2.45) is 10.9 Å². The van der Waals surface area contributed by atoms with Crippen molar-refractivity contribution >= 4 is 5.71 Å². The number of nitrogens with two attached hydrogens (primary N) is 1. The van der Waals surface area contributed by atoms with Crippen molar-refractivity contribution in [1.82, 2.24) is 14.9 Å². The summed E-state index contributed by atoms with van der Waals surface area (Å²) in [5, 5.41) is 4.46. The number of aromatic nitrogens is 2. The molecule has 1 aliphatic heterocycles. The standard InChI is InChI=1S/C23H33N5O/c1-4-29-27-19-15-20(22-17(2)9-7-12-25-22)28(14-6-5-11-24)21(16-19)23-18(3)10-8-13-26-23/h7-10,12-13,20-21H,4-6,11,14-16,24H2,1-3H3/b27-19-/t20-,21+/m1/s1. The van der Waals surface area contributed by atoms with Crippen molar-refractivity contribution in [3.63, 3.8) is 0 Å². The fraction of sp³-hybridized carbons (Fsp3) is 0.522. The van der Waals surface area contributed by atoms with E-state index in [2.05, 4.69) is 36.0 Å². The van der Waals surface area contributed by atoms with Crippen molar-refractivity contribution in [2.45, 2.75) is 58.5 Å². The molecule has 2 aromatic heterocycles. The number of aryl methyl sites for hydroxylation is 2. The van der Waals surface area contributed by atoms with Crippen molar-refractivity contribution < 1.29 is 4.84 Å². The summed E-state index contributed by atoms with van der Waals surface area (Å²) in [7, 11) is 0. The van der Waals surface area contributed by atoms with E-state index in [4.69, 9.17) is 20.5 Å². The van der Waals surface area contributed by atoms with Gasteiger partial charge in [-0.15, -0.1) is 0 Å². The van der Waals surface area contributed by atoms with E-state index in [9.17, 15) is 0 Å². The highest BCUT2D eigenvalue weighted by Gasteiger charge is 2.38. The number of pyridine rings is 2. The van der Waals surface area contributed by atoms with Crippen LogP contribution in [0.4, 0.5) is 0 Å². The molecule has 0 radical (unpaired) electrons. The third kappa shape index (κ3) is 5.19. The summed E-state index contributed by atoms with van der Waals surface area (Å²) >= 11 is 0. The Bertz CT molecular complexity index is 765. The number of nitrogens with zero attached hydrogens (tertiary/aromatic N) is 4. The second-order valence-corrected chi connectivity index (χ2v) is 7.66. The Morgan fingerprint density at radius 2 is 1.62 bits per heavy atom. The van der Waals surface area contributed by atoms with E-state index in [-0.39, 0.29) is 12.1 Å². The maximum absolute atomic E-state index is 5.78. The lowest BCUT2D eigenvalue weighted by Crippen LogP contribution is -2.42. The Morgan fingerprint density at radius 1 is 1.03 bits per heavy atom. The summed E-state index contributed by atoms with van der Waals surface area (Å²) in [6, 6.07) is 8.55. The van der Waals surface area contributed by atoms with E-state index < -0.39 is 0 Å². The average molecular weight is 396 g/mol. The second kappa shape index (κ2) is 10.5. The maximum atomic E-state index is 5.78. The largest absolute Gasteiger partial charge is 0.396 e. The Hall–Kier alpha value is -2.31. The Morgan fingerprint density at radius 3 is 2.10 bits per heavy atom. The van der Waals surface area contributed by atoms with Gasteiger partial charge in [0.1, 0.15) is 6.61 Å². The number of unbranched alkanes of at least 4 members (excludes halogenated alkanes) is 1. The highest BCUT2D eigenvalue weighted by molar-refractivity contribution is 5.86. The van der Waals surface area contributed by atoms with Crippen LogP contribution in [0.5, 0.6) is 0 Å². The van der Waals surface area contributed by atoms with Crippen LogP contribution in [0.15, 0.2) is 41.8 Å². The first-order chi connectivity index (χ1) is 14.2. The molecule has 156 valence electrons. The fourth-order valence-electron chi connectivity index (χ4n) is 4.16. The molecule has 0 bridgehead atoms. The number of piperidine rings is 1. The monoisotopic (exact) mass is 395 g/mol. The van der Waals surface area contributed by atoms with Crippen molar-refractivity contribution in [3.05, 3.63) is 59.2 Å². The molecule has 2 atom stereocenters. The van der Waals surface area contributed by atoms with Crippen LogP contribution >= 0.6 is 0 Å². The minimum Gasteiger partial charge on any atom is -0.396 e. The summed E-state index contributed by atoms with van der Waals surface area (Å²) in [6.45, 7) is 8.48. The first-order valence-electron chi connectivity index (χ1n) is 10.6. The number of likely N-dealkylation sites (tertiary alicyclic amines) is 1. The van der Waals surface area contributed by atoms with Crippen LogP contribution < -0.4 is 5.73 Å². The van der Waals surface area contributed by atoms with Gasteiger partial charge in [-0.1, -0.05) is 17.3 Å². The van der Waals surface area contributed by atoms with Crippen molar-refractivity contribution in [1.29, 1.82) is 0 Å². The zero-order valence-electron chi connectivity index (χ0n) is 17.8. The molecular weight excluding hydrogens is 362 g/mol. The highest BCUT2D eigenvalue weighted by atomic mass is 16.6. The van der Waals surface area contributed by atoms with Gasteiger partial charge >= 0.3 is 0 Å². The number of rotatable bonds is 8. The smallest absolute Gasteiger partial charge is 0.114 e. The molecule has 0 spiro atoms. The Kier molecular flexibility index (Phi) is 7.72. The predicted octanol–water partition coefficient (Wildman–Crippen LogP) is 4.10. The van der Waals surface area contributed by atoms with E-state index >= 15 is 0 Å². The third-order valence-electron chi connectivity index (χ3n) is 5.58. The van der Waals surface area contributed by atoms with Crippen LogP contribution in [-0.4, -0.2) is 40.3 Å². The Balaban J connectivity index is 2.04. The fourth-order valence-corrected chi connectivity index (χ4v) is 4.16. The molecule has 6 heteroatoms. The van der Waals surface area contributed by atoms with E-state index in [0.29, 0.717) is 13.2 Å². The van der Waals surface area contributed by atoms with Gasteiger partial charge in [0, 0.05) is 25.2 Å². The molecule has 0 aromatic carbocycles. The minimum atomic E-state index is 0.147. The molecule has 1 saturated heterocycles. The van der Waals surface area contributed by atoms with E-state index in [0.717, 1.165) is 49.3 Å². The van der Waals surface area contributed by atoms with Crippen LogP contribution in [-0.2, 0) is 4.84 Å². The topological polar surface area (TPSA) is 76.6 Å². The molecule has 2 aromatic rings. The third-order valence-corrected chi connectivity index (χ3v) is 5.58. The van der Waals surface area contributed by atoms with Gasteiger partial charge in [0.25, 0.3) is 0 Å². The van der Waals surface area contributed by atoms with Gasteiger partial charge in [0.15, 0.2) is 0 Å². The van der Waals surface area contributed by atoms with Crippen molar-refractivity contribution in [2.75, 3.05) is 19.7 Å². The molecule has 6 nitrogen and oxygen atoms in total. The first-order valence-corrected chi connectivity index (χ1v) is 10.6. The van der Waals surface area contributed by atoms with E-state index in [1.807, 2.05) is 31.5 Å². The number of oxime groups is 1. The molecule has 0 unspecified atom stereocenters. The van der Waals surface area contributed by atoms with Gasteiger partial charge in [-0.2, -0.15) is 0 Å². The summed E-state index contributed by atoms with van der Waals surface area (Å²) in [5.41, 5.74) is 11.5. The molecule has 29 heavy (non-hydrogen) atoms. The van der Waals surface area contributed by atoms with Gasteiger partial charge in [-0.05, 0) is 70.0 Å². The van der Waals surface area contributed by atoms with Crippen LogP contribution in [0.2, 0.25) is 0 Å². The molecule has 0 saturated carbocycles. The minimum absolute atomic E-state index is 0.147. The summed E-state index contributed by atoms with van der Waals surface area (Å²) in [5.74, 6) is 0. The van der Waals surface area contributed by atoms with Gasteiger partial charge in [0.05, 0.1) is 29.2 Å². The molecule has 2 N–H and O–H groups in total. The van der Waals surface area contributed by atoms with Gasteiger partial charge in [-0.3, -0.25) is 14.9 Å². The van der Waals surface area contributed by atoms with Crippen LogP contribution in [0.25, 0.3) is 0 Å². The maximum Gasteiger partial charge on any atom is 0.114 e. The predicted molar refractivity (Wildman–Crippen MR) is 117 cm³/mol. The SMILES string of the molecule is CCO/N=C1/C[C@H](c2ncccc2C)N(CCCCN)[C@H](c2ncccc2C)C1. The average Bonchev–Trinajstić information content (AvgIpc) is 2.73. The summed E-state index contributed by atoms with van der Waals surface area (Å²) in [4.78, 5) is 17.5. The van der Waals surface area contributed by atoms with Crippen LogP contribution in [0.3, 0.4) is 0 Å². The van der Waals surface area contributed by atoms with Gasteiger partial charge < -0.3 is 10.6 Å². The quantitative estimate of drug-likeness (QED) is 0.538. The van der Waals surface area contributed by atoms with Crippen molar-refractivity contribution in [3.8, 4) is 0 Å². The summed E-state index contributed by atoms with van der Waals surface area (Å²) < 4.78 is 0. The van der Waals surface area contributed by atoms with Gasteiger partial charge in [-0.25, -0.2) is 0 Å². The molecule has 3 rings (SSSR count). The lowest BCUT2D eigenvalue weighted by molar-refractivity contribution is 0.106.